The van der Waals surface area contributed by atoms with Crippen molar-refractivity contribution in [3.8, 4) is 11.5 Å². The number of hydrogen-bond acceptors (Lipinski definition) is 4. The van der Waals surface area contributed by atoms with Crippen LogP contribution in [0.5, 0.6) is 11.5 Å². The molecule has 1 heterocycles. The zero-order valence-corrected chi connectivity index (χ0v) is 15.7. The number of carbonyl (C=O) groups excluding carboxylic acids is 1. The van der Waals surface area contributed by atoms with Crippen molar-refractivity contribution in [2.24, 2.45) is 0 Å². The third-order valence-electron chi connectivity index (χ3n) is 4.48. The van der Waals surface area contributed by atoms with Gasteiger partial charge in [-0.2, -0.15) is 0 Å². The average Bonchev–Trinajstić information content (AvgIpc) is 2.77. The Morgan fingerprint density at radius 3 is 2.62 bits per heavy atom. The van der Waals surface area contributed by atoms with Gasteiger partial charge in [-0.1, -0.05) is 42.5 Å². The number of benzene rings is 3. The highest BCUT2D eigenvalue weighted by molar-refractivity contribution is 6.06. The molecule has 1 N–H and O–H groups in total. The highest BCUT2D eigenvalue weighted by Gasteiger charge is 2.03. The van der Waals surface area contributed by atoms with Crippen LogP contribution in [-0.4, -0.2) is 15.9 Å². The van der Waals surface area contributed by atoms with E-state index < -0.39 is 0 Å². The summed E-state index contributed by atoms with van der Waals surface area (Å²) in [6, 6.07) is 25.7. The van der Waals surface area contributed by atoms with Crippen LogP contribution in [0.3, 0.4) is 0 Å². The van der Waals surface area contributed by atoms with Gasteiger partial charge in [-0.3, -0.25) is 4.79 Å². The van der Waals surface area contributed by atoms with Crippen LogP contribution in [0.25, 0.3) is 17.0 Å². The van der Waals surface area contributed by atoms with Crippen LogP contribution in [0.15, 0.2) is 91.0 Å². The molecule has 0 amide bonds. The van der Waals surface area contributed by atoms with E-state index in [1.54, 1.807) is 18.2 Å². The van der Waals surface area contributed by atoms with Crippen molar-refractivity contribution in [2.75, 3.05) is 0 Å². The Kier molecular flexibility index (Phi) is 5.34. The Hall–Kier alpha value is -3.92. The van der Waals surface area contributed by atoms with E-state index in [1.165, 1.54) is 18.2 Å². The van der Waals surface area contributed by atoms with E-state index in [-0.39, 0.29) is 11.5 Å². The number of ether oxygens (including phenoxy) is 1. The van der Waals surface area contributed by atoms with Gasteiger partial charge in [-0.25, -0.2) is 4.98 Å². The first kappa shape index (κ1) is 18.4. The Labute approximate surface area is 168 Å². The lowest BCUT2D eigenvalue weighted by Crippen LogP contribution is -1.98. The molecule has 4 nitrogen and oxygen atoms in total. The fourth-order valence-electron chi connectivity index (χ4n) is 2.95. The van der Waals surface area contributed by atoms with Gasteiger partial charge in [0.05, 0.1) is 11.2 Å². The quantitative estimate of drug-likeness (QED) is 0.358. The van der Waals surface area contributed by atoms with Gasteiger partial charge < -0.3 is 9.84 Å². The van der Waals surface area contributed by atoms with Crippen LogP contribution in [-0.2, 0) is 6.61 Å². The first-order chi connectivity index (χ1) is 14.2. The summed E-state index contributed by atoms with van der Waals surface area (Å²) in [6.07, 6.45) is 3.26. The van der Waals surface area contributed by atoms with Gasteiger partial charge >= 0.3 is 0 Å². The summed E-state index contributed by atoms with van der Waals surface area (Å²) in [5.74, 6) is 0.715. The minimum Gasteiger partial charge on any atom is -0.508 e. The molecular weight excluding hydrogens is 362 g/mol. The number of allylic oxidation sites excluding steroid dienone is 1. The maximum Gasteiger partial charge on any atom is 0.185 e. The molecule has 0 saturated heterocycles. The van der Waals surface area contributed by atoms with Crippen molar-refractivity contribution in [2.45, 2.75) is 6.61 Å². The molecule has 4 aromatic rings. The molecular formula is C25H19NO3. The van der Waals surface area contributed by atoms with Gasteiger partial charge in [0.1, 0.15) is 18.1 Å². The van der Waals surface area contributed by atoms with Crippen LogP contribution in [0.2, 0.25) is 0 Å². The number of aromatic hydroxyl groups is 1. The summed E-state index contributed by atoms with van der Waals surface area (Å²) in [7, 11) is 0. The minimum absolute atomic E-state index is 0.128. The van der Waals surface area contributed by atoms with Crippen molar-refractivity contribution in [3.05, 3.63) is 108 Å². The van der Waals surface area contributed by atoms with Crippen molar-refractivity contribution >= 4 is 22.8 Å². The second-order valence-corrected chi connectivity index (χ2v) is 6.60. The number of aromatic nitrogens is 1. The smallest absolute Gasteiger partial charge is 0.185 e. The molecule has 4 heteroatoms. The molecule has 0 aliphatic carbocycles. The van der Waals surface area contributed by atoms with Crippen LogP contribution in [0.4, 0.5) is 0 Å². The molecule has 0 fully saturated rings. The molecule has 1 aromatic heterocycles. The Balaban J connectivity index is 1.42. The first-order valence-corrected chi connectivity index (χ1v) is 9.26. The van der Waals surface area contributed by atoms with Gasteiger partial charge in [0.15, 0.2) is 5.78 Å². The lowest BCUT2D eigenvalue weighted by molar-refractivity contribution is 0.104. The summed E-state index contributed by atoms with van der Waals surface area (Å²) in [4.78, 5) is 16.8. The predicted octanol–water partition coefficient (Wildman–Crippen LogP) is 5.42. The molecule has 0 spiro atoms. The van der Waals surface area contributed by atoms with Gasteiger partial charge in [0.2, 0.25) is 0 Å². The SMILES string of the molecule is O=C(C=Cc1cccc(OCc2ccc3ccccc3n2)c1)c1ccc(O)cc1. The van der Waals surface area contributed by atoms with Crippen LogP contribution in [0, 0.1) is 0 Å². The largest absolute Gasteiger partial charge is 0.508 e. The molecule has 0 aliphatic rings. The Bertz CT molecular complexity index is 1180. The molecule has 3 aromatic carbocycles. The third-order valence-corrected chi connectivity index (χ3v) is 4.48. The molecule has 4 rings (SSSR count). The van der Waals surface area contributed by atoms with E-state index >= 15 is 0 Å². The maximum atomic E-state index is 12.2. The van der Waals surface area contributed by atoms with E-state index in [9.17, 15) is 9.90 Å². The van der Waals surface area contributed by atoms with E-state index in [0.29, 0.717) is 17.9 Å². The monoisotopic (exact) mass is 381 g/mol. The number of nitrogens with zero attached hydrogens (tertiary/aromatic N) is 1. The zero-order valence-electron chi connectivity index (χ0n) is 15.7. The molecule has 0 bridgehead atoms. The fraction of sp³-hybridized carbons (Fsp3) is 0.0400. The topological polar surface area (TPSA) is 59.4 Å². The van der Waals surface area contributed by atoms with E-state index in [0.717, 1.165) is 22.2 Å². The number of pyridine rings is 1. The van der Waals surface area contributed by atoms with Crippen molar-refractivity contribution in [3.63, 3.8) is 0 Å². The summed E-state index contributed by atoms with van der Waals surface area (Å²) in [6.45, 7) is 0.366. The average molecular weight is 381 g/mol. The number of carbonyl (C=O) groups is 1. The number of fused-ring (bicyclic) bond motifs is 1. The molecule has 142 valence electrons. The fourth-order valence-corrected chi connectivity index (χ4v) is 2.95. The molecule has 0 aliphatic heterocycles. The lowest BCUT2D eigenvalue weighted by Gasteiger charge is -2.07. The summed E-state index contributed by atoms with van der Waals surface area (Å²) in [5, 5.41) is 10.4. The number of rotatable bonds is 6. The summed E-state index contributed by atoms with van der Waals surface area (Å²) < 4.78 is 5.88. The van der Waals surface area contributed by atoms with Crippen LogP contribution in [0.1, 0.15) is 21.6 Å². The van der Waals surface area contributed by atoms with E-state index in [2.05, 4.69) is 4.98 Å². The Morgan fingerprint density at radius 2 is 1.76 bits per heavy atom. The highest BCUT2D eigenvalue weighted by atomic mass is 16.5. The van der Waals surface area contributed by atoms with Gasteiger partial charge in [0, 0.05) is 10.9 Å². The van der Waals surface area contributed by atoms with Gasteiger partial charge in [-0.05, 0) is 60.2 Å². The molecule has 0 unspecified atom stereocenters. The summed E-state index contributed by atoms with van der Waals surface area (Å²) in [5.41, 5.74) is 3.18. The standard InChI is InChI=1S/C25H19NO3/c27-22-13-10-20(11-14-22)25(28)15-8-18-4-3-6-23(16-18)29-17-21-12-9-19-5-1-2-7-24(19)26-21/h1-16,27H,17H2. The third kappa shape index (κ3) is 4.68. The number of hydrogen-bond donors (Lipinski definition) is 1. The number of phenolic OH excluding ortho intramolecular Hbond substituents is 1. The van der Waals surface area contributed by atoms with E-state index in [4.69, 9.17) is 4.74 Å². The van der Waals surface area contributed by atoms with Crippen LogP contribution < -0.4 is 4.74 Å². The van der Waals surface area contributed by atoms with E-state index in [1.807, 2.05) is 60.7 Å². The Morgan fingerprint density at radius 1 is 0.931 bits per heavy atom. The van der Waals surface area contributed by atoms with Gasteiger partial charge in [-0.15, -0.1) is 0 Å². The molecule has 0 atom stereocenters. The van der Waals surface area contributed by atoms with Crippen molar-refractivity contribution < 1.29 is 14.6 Å². The number of para-hydroxylation sites is 1. The van der Waals surface area contributed by atoms with Gasteiger partial charge in [0.25, 0.3) is 0 Å². The molecule has 29 heavy (non-hydrogen) atoms. The molecule has 0 saturated carbocycles. The molecule has 0 radical (unpaired) electrons. The van der Waals surface area contributed by atoms with Crippen molar-refractivity contribution in [1.29, 1.82) is 0 Å². The predicted molar refractivity (Wildman–Crippen MR) is 114 cm³/mol. The normalized spacial score (nSPS) is 11.0. The first-order valence-electron chi connectivity index (χ1n) is 9.26. The lowest BCUT2D eigenvalue weighted by atomic mass is 10.1. The van der Waals surface area contributed by atoms with Crippen LogP contribution >= 0.6 is 0 Å². The number of phenols is 1. The summed E-state index contributed by atoms with van der Waals surface area (Å²) >= 11 is 0. The second-order valence-electron chi connectivity index (χ2n) is 6.60. The second kappa shape index (κ2) is 8.40. The highest BCUT2D eigenvalue weighted by Crippen LogP contribution is 2.18. The minimum atomic E-state index is -0.128. The van der Waals surface area contributed by atoms with Crippen molar-refractivity contribution in [1.82, 2.24) is 4.98 Å². The maximum absolute atomic E-state index is 12.2. The number of ketones is 1. The zero-order chi connectivity index (χ0) is 20.1.